The molecule has 0 bridgehead atoms. The number of hydrogen-bond acceptors (Lipinski definition) is 7. The SMILES string of the molecule is CC(C)(C)OC(=O)CCN1CCc2nc(S(C)(=O)=O)ncc2C1=O. The van der Waals surface area contributed by atoms with Gasteiger partial charge in [0.2, 0.25) is 15.0 Å². The molecule has 0 radical (unpaired) electrons. The lowest BCUT2D eigenvalue weighted by Crippen LogP contribution is -2.40. The molecule has 0 N–H and O–H groups in total. The Morgan fingerprint density at radius 3 is 2.62 bits per heavy atom. The van der Waals surface area contributed by atoms with E-state index < -0.39 is 15.4 Å². The summed E-state index contributed by atoms with van der Waals surface area (Å²) in [5.41, 5.74) is 0.132. The van der Waals surface area contributed by atoms with Gasteiger partial charge in [0.05, 0.1) is 17.7 Å². The smallest absolute Gasteiger partial charge is 0.308 e. The van der Waals surface area contributed by atoms with E-state index in [1.807, 2.05) is 0 Å². The second-order valence-corrected chi connectivity index (χ2v) is 8.57. The Kier molecular flexibility index (Phi) is 4.93. The fourth-order valence-corrected chi connectivity index (χ4v) is 2.81. The van der Waals surface area contributed by atoms with E-state index in [9.17, 15) is 18.0 Å². The van der Waals surface area contributed by atoms with Gasteiger partial charge in [-0.1, -0.05) is 0 Å². The van der Waals surface area contributed by atoms with E-state index in [1.165, 1.54) is 11.1 Å². The molecule has 0 saturated heterocycles. The number of ether oxygens (including phenoxy) is 1. The Hall–Kier alpha value is -2.03. The molecule has 1 aliphatic rings. The van der Waals surface area contributed by atoms with E-state index in [4.69, 9.17) is 4.74 Å². The molecule has 1 aromatic rings. The average Bonchev–Trinajstić information content (AvgIpc) is 2.43. The molecule has 9 heteroatoms. The van der Waals surface area contributed by atoms with Crippen LogP contribution in [0, 0.1) is 0 Å². The first-order valence-corrected chi connectivity index (χ1v) is 9.43. The zero-order valence-electron chi connectivity index (χ0n) is 14.2. The topological polar surface area (TPSA) is 107 Å². The Morgan fingerprint density at radius 2 is 2.04 bits per heavy atom. The van der Waals surface area contributed by atoms with E-state index in [0.29, 0.717) is 18.7 Å². The summed E-state index contributed by atoms with van der Waals surface area (Å²) in [6.45, 7) is 5.95. The molecule has 1 aromatic heterocycles. The van der Waals surface area contributed by atoms with E-state index in [-0.39, 0.29) is 35.6 Å². The number of carbonyl (C=O) groups excluding carboxylic acids is 2. The van der Waals surface area contributed by atoms with Crippen LogP contribution in [0.1, 0.15) is 43.2 Å². The first-order valence-electron chi connectivity index (χ1n) is 7.54. The zero-order chi connectivity index (χ0) is 18.1. The van der Waals surface area contributed by atoms with Crippen molar-refractivity contribution in [1.29, 1.82) is 0 Å². The Balaban J connectivity index is 2.06. The monoisotopic (exact) mass is 355 g/mol. The van der Waals surface area contributed by atoms with Gasteiger partial charge in [-0.25, -0.2) is 18.4 Å². The van der Waals surface area contributed by atoms with Crippen molar-refractivity contribution < 1.29 is 22.7 Å². The van der Waals surface area contributed by atoms with Crippen LogP contribution >= 0.6 is 0 Å². The van der Waals surface area contributed by atoms with Crippen molar-refractivity contribution in [3.05, 3.63) is 17.5 Å². The number of hydrogen-bond donors (Lipinski definition) is 0. The molecule has 1 aliphatic heterocycles. The van der Waals surface area contributed by atoms with Crippen LogP contribution < -0.4 is 0 Å². The maximum atomic E-state index is 12.4. The number of amides is 1. The Morgan fingerprint density at radius 1 is 1.38 bits per heavy atom. The second-order valence-electron chi connectivity index (χ2n) is 6.66. The summed E-state index contributed by atoms with van der Waals surface area (Å²) >= 11 is 0. The van der Waals surface area contributed by atoms with Gasteiger partial charge < -0.3 is 9.64 Å². The van der Waals surface area contributed by atoms with E-state index in [0.717, 1.165) is 6.26 Å². The highest BCUT2D eigenvalue weighted by atomic mass is 32.2. The molecule has 0 fully saturated rings. The molecule has 24 heavy (non-hydrogen) atoms. The number of carbonyl (C=O) groups is 2. The zero-order valence-corrected chi connectivity index (χ0v) is 15.0. The molecule has 1 amide bonds. The summed E-state index contributed by atoms with van der Waals surface area (Å²) in [7, 11) is -3.51. The highest BCUT2D eigenvalue weighted by Crippen LogP contribution is 2.18. The molecular weight excluding hydrogens is 334 g/mol. The van der Waals surface area contributed by atoms with Crippen LogP contribution in [0.3, 0.4) is 0 Å². The average molecular weight is 355 g/mol. The van der Waals surface area contributed by atoms with Crippen molar-refractivity contribution in [3.63, 3.8) is 0 Å². The first kappa shape index (κ1) is 18.3. The van der Waals surface area contributed by atoms with Crippen LogP contribution in [-0.4, -0.2) is 60.1 Å². The van der Waals surface area contributed by atoms with Gasteiger partial charge in [-0.05, 0) is 20.8 Å². The van der Waals surface area contributed by atoms with Gasteiger partial charge in [-0.2, -0.15) is 0 Å². The number of fused-ring (bicyclic) bond motifs is 1. The summed E-state index contributed by atoms with van der Waals surface area (Å²) in [6, 6.07) is 0. The minimum Gasteiger partial charge on any atom is -0.460 e. The van der Waals surface area contributed by atoms with Crippen molar-refractivity contribution in [2.24, 2.45) is 0 Å². The summed E-state index contributed by atoms with van der Waals surface area (Å²) < 4.78 is 28.2. The van der Waals surface area contributed by atoms with Gasteiger partial charge in [0.25, 0.3) is 5.91 Å². The van der Waals surface area contributed by atoms with E-state index in [2.05, 4.69) is 9.97 Å². The maximum Gasteiger partial charge on any atom is 0.308 e. The summed E-state index contributed by atoms with van der Waals surface area (Å²) in [5, 5.41) is -0.281. The van der Waals surface area contributed by atoms with Gasteiger partial charge in [-0.15, -0.1) is 0 Å². The largest absolute Gasteiger partial charge is 0.460 e. The van der Waals surface area contributed by atoms with Crippen LogP contribution in [0.5, 0.6) is 0 Å². The van der Waals surface area contributed by atoms with Crippen molar-refractivity contribution in [2.75, 3.05) is 19.3 Å². The first-order chi connectivity index (χ1) is 11.0. The van der Waals surface area contributed by atoms with Crippen molar-refractivity contribution >= 4 is 21.7 Å². The quantitative estimate of drug-likeness (QED) is 0.575. The van der Waals surface area contributed by atoms with Gasteiger partial charge >= 0.3 is 5.97 Å². The third kappa shape index (κ3) is 4.50. The van der Waals surface area contributed by atoms with Gasteiger partial charge in [-0.3, -0.25) is 9.59 Å². The number of nitrogens with zero attached hydrogens (tertiary/aromatic N) is 3. The molecule has 0 saturated carbocycles. The molecular formula is C15H21N3O5S. The normalized spacial score (nSPS) is 15.2. The second kappa shape index (κ2) is 6.46. The van der Waals surface area contributed by atoms with Crippen LogP contribution in [0.2, 0.25) is 0 Å². The fraction of sp³-hybridized carbons (Fsp3) is 0.600. The van der Waals surface area contributed by atoms with E-state index >= 15 is 0 Å². The number of rotatable bonds is 4. The van der Waals surface area contributed by atoms with Crippen LogP contribution in [0.25, 0.3) is 0 Å². The van der Waals surface area contributed by atoms with Crippen molar-refractivity contribution in [1.82, 2.24) is 14.9 Å². The number of esters is 1. The molecule has 2 heterocycles. The maximum absolute atomic E-state index is 12.4. The Bertz CT molecular complexity index is 768. The van der Waals surface area contributed by atoms with Crippen LogP contribution in [-0.2, 0) is 25.8 Å². The minimum absolute atomic E-state index is 0.0978. The molecule has 2 rings (SSSR count). The predicted octanol–water partition coefficient (Wildman–Crippen LogP) is 0.610. The highest BCUT2D eigenvalue weighted by molar-refractivity contribution is 7.90. The number of sulfone groups is 1. The molecule has 0 atom stereocenters. The predicted molar refractivity (Wildman–Crippen MR) is 85.2 cm³/mol. The molecule has 8 nitrogen and oxygen atoms in total. The van der Waals surface area contributed by atoms with Gasteiger partial charge in [0, 0.05) is 32.0 Å². The molecule has 0 aromatic carbocycles. The minimum atomic E-state index is -3.51. The highest BCUT2D eigenvalue weighted by Gasteiger charge is 2.28. The summed E-state index contributed by atoms with van der Waals surface area (Å²) in [5.74, 6) is -0.676. The third-order valence-electron chi connectivity index (χ3n) is 3.32. The van der Waals surface area contributed by atoms with Crippen molar-refractivity contribution in [2.45, 2.75) is 44.4 Å². The van der Waals surface area contributed by atoms with Crippen LogP contribution in [0.15, 0.2) is 11.4 Å². The van der Waals surface area contributed by atoms with Crippen LogP contribution in [0.4, 0.5) is 0 Å². The third-order valence-corrected chi connectivity index (χ3v) is 4.18. The fourth-order valence-electron chi connectivity index (χ4n) is 2.29. The van der Waals surface area contributed by atoms with Gasteiger partial charge in [0.1, 0.15) is 5.60 Å². The lowest BCUT2D eigenvalue weighted by molar-refractivity contribution is -0.155. The lowest BCUT2D eigenvalue weighted by Gasteiger charge is -2.28. The summed E-state index contributed by atoms with van der Waals surface area (Å²) in [6.07, 6.45) is 2.77. The summed E-state index contributed by atoms with van der Waals surface area (Å²) in [4.78, 5) is 33.4. The standard InChI is InChI=1S/C15H21N3O5S/c1-15(2,3)23-12(19)6-8-18-7-5-11-10(13(18)20)9-16-14(17-11)24(4,21)22/h9H,5-8H2,1-4H3. The van der Waals surface area contributed by atoms with Crippen molar-refractivity contribution in [3.8, 4) is 0 Å². The van der Waals surface area contributed by atoms with E-state index in [1.54, 1.807) is 20.8 Å². The molecule has 0 spiro atoms. The molecule has 0 aliphatic carbocycles. The molecule has 0 unspecified atom stereocenters. The Labute approximate surface area is 141 Å². The number of aromatic nitrogens is 2. The lowest BCUT2D eigenvalue weighted by atomic mass is 10.1. The molecule has 132 valence electrons. The van der Waals surface area contributed by atoms with Gasteiger partial charge in [0.15, 0.2) is 0 Å².